The highest BCUT2D eigenvalue weighted by Gasteiger charge is 2.25. The first-order chi connectivity index (χ1) is 9.51. The standard InChI is InChI=1S/C14H17N3OS2/c1-14(2,3)16-13-15-12(17-20-13)10-8-19-11-7-5-4-6-9(11)18-10/h4-7,10H,8H2,1-3H3,(H,15,16,17). The molecule has 106 valence electrons. The molecule has 1 N–H and O–H groups in total. The van der Waals surface area contributed by atoms with Crippen molar-refractivity contribution in [2.24, 2.45) is 0 Å². The molecule has 3 rings (SSSR count). The fraction of sp³-hybridized carbons (Fsp3) is 0.429. The summed E-state index contributed by atoms with van der Waals surface area (Å²) in [6, 6.07) is 8.09. The highest BCUT2D eigenvalue weighted by Crippen LogP contribution is 2.39. The molecule has 0 fully saturated rings. The van der Waals surface area contributed by atoms with Gasteiger partial charge in [0.15, 0.2) is 11.9 Å². The fourth-order valence-electron chi connectivity index (χ4n) is 1.88. The summed E-state index contributed by atoms with van der Waals surface area (Å²) in [7, 11) is 0. The van der Waals surface area contributed by atoms with Crippen LogP contribution in [-0.2, 0) is 0 Å². The second-order valence-corrected chi connectivity index (χ2v) is 7.51. The first-order valence-electron chi connectivity index (χ1n) is 6.51. The fourth-order valence-corrected chi connectivity index (χ4v) is 3.69. The van der Waals surface area contributed by atoms with Crippen molar-refractivity contribution in [1.29, 1.82) is 0 Å². The van der Waals surface area contributed by atoms with Gasteiger partial charge in [-0.2, -0.15) is 9.36 Å². The maximum atomic E-state index is 5.99. The maximum Gasteiger partial charge on any atom is 0.203 e. The van der Waals surface area contributed by atoms with Crippen LogP contribution in [0.3, 0.4) is 0 Å². The van der Waals surface area contributed by atoms with Crippen LogP contribution in [-0.4, -0.2) is 20.6 Å². The van der Waals surface area contributed by atoms with Gasteiger partial charge in [0.1, 0.15) is 5.75 Å². The van der Waals surface area contributed by atoms with Gasteiger partial charge in [0, 0.05) is 27.7 Å². The third-order valence-electron chi connectivity index (χ3n) is 2.72. The molecule has 0 bridgehead atoms. The topological polar surface area (TPSA) is 47.0 Å². The number of anilines is 1. The molecule has 4 nitrogen and oxygen atoms in total. The summed E-state index contributed by atoms with van der Waals surface area (Å²) >= 11 is 3.18. The van der Waals surface area contributed by atoms with Gasteiger partial charge >= 0.3 is 0 Å². The Morgan fingerprint density at radius 3 is 2.90 bits per heavy atom. The van der Waals surface area contributed by atoms with Crippen LogP contribution in [0.5, 0.6) is 5.75 Å². The summed E-state index contributed by atoms with van der Waals surface area (Å²) in [4.78, 5) is 5.74. The van der Waals surface area contributed by atoms with Gasteiger partial charge in [0.2, 0.25) is 5.13 Å². The van der Waals surface area contributed by atoms with E-state index in [1.165, 1.54) is 16.4 Å². The van der Waals surface area contributed by atoms with Crippen molar-refractivity contribution in [2.45, 2.75) is 37.3 Å². The van der Waals surface area contributed by atoms with Crippen LogP contribution in [0, 0.1) is 0 Å². The summed E-state index contributed by atoms with van der Waals surface area (Å²) in [5.41, 5.74) is -0.00836. The van der Waals surface area contributed by atoms with Gasteiger partial charge in [0.05, 0.1) is 0 Å². The van der Waals surface area contributed by atoms with E-state index in [1.54, 1.807) is 11.8 Å². The van der Waals surface area contributed by atoms with Crippen LogP contribution in [0.1, 0.15) is 32.7 Å². The van der Waals surface area contributed by atoms with Crippen molar-refractivity contribution in [3.8, 4) is 5.75 Å². The number of aromatic nitrogens is 2. The van der Waals surface area contributed by atoms with E-state index in [0.29, 0.717) is 0 Å². The molecule has 1 unspecified atom stereocenters. The molecule has 0 saturated heterocycles. The normalized spacial score (nSPS) is 18.2. The maximum absolute atomic E-state index is 5.99. The Hall–Kier alpha value is -1.27. The summed E-state index contributed by atoms with van der Waals surface area (Å²) in [6.45, 7) is 6.33. The van der Waals surface area contributed by atoms with Crippen molar-refractivity contribution in [2.75, 3.05) is 11.1 Å². The molecule has 2 aromatic rings. The minimum atomic E-state index is -0.0679. The van der Waals surface area contributed by atoms with Crippen LogP contribution < -0.4 is 10.1 Å². The molecule has 0 amide bonds. The Morgan fingerprint density at radius 1 is 1.30 bits per heavy atom. The first-order valence-corrected chi connectivity index (χ1v) is 8.27. The van der Waals surface area contributed by atoms with Crippen LogP contribution >= 0.6 is 23.3 Å². The first kappa shape index (κ1) is 13.7. The average Bonchev–Trinajstić information content (AvgIpc) is 2.84. The van der Waals surface area contributed by atoms with Crippen molar-refractivity contribution in [3.05, 3.63) is 30.1 Å². The molecule has 1 aromatic carbocycles. The van der Waals surface area contributed by atoms with E-state index in [2.05, 4.69) is 41.5 Å². The lowest BCUT2D eigenvalue weighted by Crippen LogP contribution is -2.26. The zero-order valence-corrected chi connectivity index (χ0v) is 13.3. The molecule has 0 spiro atoms. The van der Waals surface area contributed by atoms with Crippen molar-refractivity contribution in [1.82, 2.24) is 9.36 Å². The zero-order valence-electron chi connectivity index (χ0n) is 11.7. The number of hydrogen-bond acceptors (Lipinski definition) is 6. The second-order valence-electron chi connectivity index (χ2n) is 5.70. The number of benzene rings is 1. The molecular weight excluding hydrogens is 290 g/mol. The predicted octanol–water partition coefficient (Wildman–Crippen LogP) is 3.97. The van der Waals surface area contributed by atoms with Crippen LogP contribution in [0.2, 0.25) is 0 Å². The zero-order chi connectivity index (χ0) is 14.2. The molecule has 1 atom stereocenters. The molecule has 1 aliphatic rings. The summed E-state index contributed by atoms with van der Waals surface area (Å²) in [6.07, 6.45) is -0.0679. The summed E-state index contributed by atoms with van der Waals surface area (Å²) in [5, 5.41) is 4.19. The van der Waals surface area contributed by atoms with Crippen molar-refractivity contribution in [3.63, 3.8) is 0 Å². The van der Waals surface area contributed by atoms with Crippen molar-refractivity contribution < 1.29 is 4.74 Å². The van der Waals surface area contributed by atoms with E-state index in [9.17, 15) is 0 Å². The lowest BCUT2D eigenvalue weighted by atomic mass is 10.1. The van der Waals surface area contributed by atoms with Crippen LogP contribution in [0.25, 0.3) is 0 Å². The molecule has 0 saturated carbocycles. The largest absolute Gasteiger partial charge is 0.480 e. The van der Waals surface area contributed by atoms with Gasteiger partial charge in [-0.25, -0.2) is 0 Å². The van der Waals surface area contributed by atoms with Crippen LogP contribution in [0.4, 0.5) is 5.13 Å². The number of nitrogens with one attached hydrogen (secondary N) is 1. The van der Waals surface area contributed by atoms with E-state index in [4.69, 9.17) is 4.74 Å². The van der Waals surface area contributed by atoms with Gasteiger partial charge in [-0.15, -0.1) is 11.8 Å². The number of para-hydroxylation sites is 1. The van der Waals surface area contributed by atoms with Gasteiger partial charge < -0.3 is 10.1 Å². The van der Waals surface area contributed by atoms with E-state index in [1.807, 2.05) is 18.2 Å². The summed E-state index contributed by atoms with van der Waals surface area (Å²) in [5.74, 6) is 2.54. The van der Waals surface area contributed by atoms with E-state index >= 15 is 0 Å². The highest BCUT2D eigenvalue weighted by atomic mass is 32.2. The van der Waals surface area contributed by atoms with Crippen molar-refractivity contribution >= 4 is 28.4 Å². The molecule has 2 heterocycles. The number of fused-ring (bicyclic) bond motifs is 1. The Kier molecular flexibility index (Phi) is 3.60. The van der Waals surface area contributed by atoms with Gasteiger partial charge in [-0.1, -0.05) is 12.1 Å². The average molecular weight is 307 g/mol. The molecule has 1 aliphatic heterocycles. The number of rotatable bonds is 2. The van der Waals surface area contributed by atoms with Gasteiger partial charge in [0.25, 0.3) is 0 Å². The lowest BCUT2D eigenvalue weighted by molar-refractivity contribution is 0.212. The Bertz CT molecular complexity index is 606. The molecule has 0 radical (unpaired) electrons. The number of hydrogen-bond donors (Lipinski definition) is 1. The number of ether oxygens (including phenoxy) is 1. The Labute approximate surface area is 127 Å². The lowest BCUT2D eigenvalue weighted by Gasteiger charge is -2.23. The Morgan fingerprint density at radius 2 is 2.10 bits per heavy atom. The highest BCUT2D eigenvalue weighted by molar-refractivity contribution is 7.99. The quantitative estimate of drug-likeness (QED) is 0.909. The summed E-state index contributed by atoms with van der Waals surface area (Å²) < 4.78 is 10.4. The minimum Gasteiger partial charge on any atom is -0.480 e. The van der Waals surface area contributed by atoms with E-state index in [-0.39, 0.29) is 11.6 Å². The van der Waals surface area contributed by atoms with E-state index < -0.39 is 0 Å². The molecule has 20 heavy (non-hydrogen) atoms. The molecule has 6 heteroatoms. The predicted molar refractivity (Wildman–Crippen MR) is 83.8 cm³/mol. The minimum absolute atomic E-state index is 0.00836. The SMILES string of the molecule is CC(C)(C)Nc1nc(C2CSc3ccccc3O2)ns1. The number of thioether (sulfide) groups is 1. The van der Waals surface area contributed by atoms with Gasteiger partial charge in [-0.05, 0) is 32.9 Å². The monoisotopic (exact) mass is 307 g/mol. The third kappa shape index (κ3) is 3.07. The number of nitrogens with zero attached hydrogens (tertiary/aromatic N) is 2. The molecule has 1 aromatic heterocycles. The Balaban J connectivity index is 1.75. The molecular formula is C14H17N3OS2. The second kappa shape index (κ2) is 5.26. The molecule has 0 aliphatic carbocycles. The van der Waals surface area contributed by atoms with Crippen LogP contribution in [0.15, 0.2) is 29.2 Å². The smallest absolute Gasteiger partial charge is 0.203 e. The van der Waals surface area contributed by atoms with E-state index in [0.717, 1.165) is 22.5 Å². The van der Waals surface area contributed by atoms with Gasteiger partial charge in [-0.3, -0.25) is 0 Å². The third-order valence-corrected chi connectivity index (χ3v) is 4.48.